The number of nitrogens with two attached hydrogens (primary N) is 1. The van der Waals surface area contributed by atoms with Gasteiger partial charge in [0.25, 0.3) is 5.91 Å². The number of nitriles is 1. The molecule has 4 aliphatic heterocycles. The van der Waals surface area contributed by atoms with Crippen LogP contribution in [0.5, 0.6) is 6.01 Å². The SMILES string of the molecule is Cc1cc(N)c(C#N)c2c1CCC[C@]21Cc2nc(OC[C@@]34CCCN3C[C@H](F)C4)nc(N3CCCn4nc(C(=O)N(C)C)cc4C3)c2CO1. The minimum absolute atomic E-state index is 0.135. The average molecular weight is 670 g/mol. The number of nitrogen functional groups attached to an aromatic ring is 1. The Morgan fingerprint density at radius 1 is 1.18 bits per heavy atom. The Labute approximate surface area is 286 Å². The number of alkyl halides is 1. The molecule has 49 heavy (non-hydrogen) atoms. The molecule has 13 heteroatoms. The third-order valence-corrected chi connectivity index (χ3v) is 11.4. The largest absolute Gasteiger partial charge is 0.461 e. The molecule has 12 nitrogen and oxygen atoms in total. The van der Waals surface area contributed by atoms with Gasteiger partial charge in [-0.3, -0.25) is 14.4 Å². The number of nitrogens with zero attached hydrogens (tertiary/aromatic N) is 8. The van der Waals surface area contributed by atoms with Crippen molar-refractivity contribution in [2.45, 2.75) is 95.3 Å². The summed E-state index contributed by atoms with van der Waals surface area (Å²) < 4.78 is 29.9. The van der Waals surface area contributed by atoms with Gasteiger partial charge in [-0.2, -0.15) is 20.3 Å². The zero-order chi connectivity index (χ0) is 34.1. The molecule has 0 radical (unpaired) electrons. The molecule has 1 aromatic carbocycles. The summed E-state index contributed by atoms with van der Waals surface area (Å²) >= 11 is 0. The van der Waals surface area contributed by atoms with Crippen LogP contribution < -0.4 is 15.4 Å². The van der Waals surface area contributed by atoms with E-state index in [9.17, 15) is 14.4 Å². The number of aryl methyl sites for hydroxylation is 2. The number of ether oxygens (including phenoxy) is 2. The third-order valence-electron chi connectivity index (χ3n) is 11.4. The highest BCUT2D eigenvalue weighted by atomic mass is 19.1. The Balaban J connectivity index is 1.19. The first-order chi connectivity index (χ1) is 23.6. The van der Waals surface area contributed by atoms with Gasteiger partial charge in [-0.05, 0) is 75.3 Å². The topological polar surface area (TPSA) is 139 Å². The second-order valence-electron chi connectivity index (χ2n) is 14.8. The van der Waals surface area contributed by atoms with Crippen LogP contribution in [-0.2, 0) is 42.9 Å². The van der Waals surface area contributed by atoms with E-state index < -0.39 is 11.8 Å². The van der Waals surface area contributed by atoms with Gasteiger partial charge in [-0.1, -0.05) is 0 Å². The zero-order valence-electron chi connectivity index (χ0n) is 28.6. The second kappa shape index (κ2) is 11.9. The molecule has 1 spiro atoms. The highest BCUT2D eigenvalue weighted by Crippen LogP contribution is 2.49. The summed E-state index contributed by atoms with van der Waals surface area (Å²) in [4.78, 5) is 28.9. The minimum atomic E-state index is -0.858. The molecule has 0 saturated carbocycles. The van der Waals surface area contributed by atoms with E-state index in [4.69, 9.17) is 25.2 Å². The molecule has 1 aliphatic carbocycles. The number of halogens is 1. The number of hydrogen-bond acceptors (Lipinski definition) is 10. The van der Waals surface area contributed by atoms with Crippen molar-refractivity contribution in [2.24, 2.45) is 0 Å². The van der Waals surface area contributed by atoms with Gasteiger partial charge in [0.15, 0.2) is 5.69 Å². The van der Waals surface area contributed by atoms with Crippen LogP contribution in [0.4, 0.5) is 15.9 Å². The maximum atomic E-state index is 14.6. The fraction of sp³-hybridized carbons (Fsp3) is 0.583. The highest BCUT2D eigenvalue weighted by Gasteiger charge is 2.50. The van der Waals surface area contributed by atoms with Crippen molar-refractivity contribution in [3.05, 3.63) is 57.0 Å². The summed E-state index contributed by atoms with van der Waals surface area (Å²) in [6, 6.07) is 6.43. The lowest BCUT2D eigenvalue weighted by atomic mass is 9.71. The Bertz CT molecular complexity index is 1870. The number of hydrogen-bond donors (Lipinski definition) is 1. The number of fused-ring (bicyclic) bond motifs is 5. The van der Waals surface area contributed by atoms with Gasteiger partial charge in [-0.25, -0.2) is 4.39 Å². The van der Waals surface area contributed by atoms with Gasteiger partial charge in [-0.15, -0.1) is 0 Å². The fourth-order valence-corrected chi connectivity index (χ4v) is 9.10. The van der Waals surface area contributed by atoms with Crippen molar-refractivity contribution in [1.82, 2.24) is 29.5 Å². The molecule has 2 fully saturated rings. The van der Waals surface area contributed by atoms with E-state index in [2.05, 4.69) is 27.9 Å². The van der Waals surface area contributed by atoms with Crippen LogP contribution in [0.15, 0.2) is 12.1 Å². The molecule has 2 saturated heterocycles. The standard InChI is InChI=1S/C36H44FN9O3/c1-22-13-28(39)26(17-38)31-25(22)7-4-9-36(31)16-30-27(20-49-36)32(41-34(40-30)48-21-35-8-5-11-45(35)18-23(37)15-35)44-10-6-12-46-24(19-44)14-29(42-46)33(47)43(2)3/h13-14,23H,4-12,15-16,18-21,39H2,1-3H3/t23-,35+,36+/m1/s1. The number of anilines is 2. The van der Waals surface area contributed by atoms with Gasteiger partial charge in [0, 0.05) is 57.7 Å². The molecule has 0 bridgehead atoms. The number of carbonyl (C=O) groups is 1. The third kappa shape index (κ3) is 5.31. The molecule has 6 heterocycles. The maximum absolute atomic E-state index is 14.6. The van der Waals surface area contributed by atoms with Gasteiger partial charge in [0.1, 0.15) is 30.3 Å². The van der Waals surface area contributed by atoms with Crippen LogP contribution in [-0.4, -0.2) is 87.5 Å². The van der Waals surface area contributed by atoms with Crippen LogP contribution in [0.2, 0.25) is 0 Å². The molecule has 2 aromatic heterocycles. The minimum Gasteiger partial charge on any atom is -0.461 e. The van der Waals surface area contributed by atoms with Crippen molar-refractivity contribution in [1.29, 1.82) is 5.26 Å². The molecule has 0 unspecified atom stereocenters. The van der Waals surface area contributed by atoms with Gasteiger partial charge in [0.05, 0.1) is 41.3 Å². The van der Waals surface area contributed by atoms with E-state index in [1.807, 2.05) is 16.8 Å². The number of benzene rings is 1. The molecular formula is C36H44FN9O3. The van der Waals surface area contributed by atoms with Crippen molar-refractivity contribution >= 4 is 17.4 Å². The van der Waals surface area contributed by atoms with Crippen molar-refractivity contribution in [3.8, 4) is 12.1 Å². The molecule has 258 valence electrons. The Morgan fingerprint density at radius 2 is 2.04 bits per heavy atom. The zero-order valence-corrected chi connectivity index (χ0v) is 28.6. The van der Waals surface area contributed by atoms with Crippen LogP contribution in [0, 0.1) is 18.3 Å². The molecule has 8 rings (SSSR count). The van der Waals surface area contributed by atoms with E-state index in [1.165, 1.54) is 4.90 Å². The molecular weight excluding hydrogens is 625 g/mol. The molecule has 1 amide bonds. The van der Waals surface area contributed by atoms with E-state index in [-0.39, 0.29) is 24.1 Å². The van der Waals surface area contributed by atoms with E-state index in [0.29, 0.717) is 62.6 Å². The second-order valence-corrected chi connectivity index (χ2v) is 14.8. The summed E-state index contributed by atoms with van der Waals surface area (Å²) in [7, 11) is 3.45. The first-order valence-corrected chi connectivity index (χ1v) is 17.5. The molecule has 5 aliphatic rings. The molecule has 2 N–H and O–H groups in total. The summed E-state index contributed by atoms with van der Waals surface area (Å²) in [5.74, 6) is 0.602. The highest BCUT2D eigenvalue weighted by molar-refractivity contribution is 5.92. The lowest BCUT2D eigenvalue weighted by Crippen LogP contribution is -2.44. The summed E-state index contributed by atoms with van der Waals surface area (Å²) in [6.07, 6.45) is 5.30. The Kier molecular flexibility index (Phi) is 7.79. The van der Waals surface area contributed by atoms with Gasteiger partial charge in [0.2, 0.25) is 0 Å². The fourth-order valence-electron chi connectivity index (χ4n) is 9.10. The first kappa shape index (κ1) is 32.0. The van der Waals surface area contributed by atoms with Crippen LogP contribution in [0.1, 0.15) is 88.2 Å². The number of amides is 1. The van der Waals surface area contributed by atoms with E-state index in [0.717, 1.165) is 84.5 Å². The lowest BCUT2D eigenvalue weighted by Gasteiger charge is -2.44. The van der Waals surface area contributed by atoms with Gasteiger partial charge < -0.3 is 25.0 Å². The maximum Gasteiger partial charge on any atom is 0.318 e. The predicted molar refractivity (Wildman–Crippen MR) is 180 cm³/mol. The molecule has 3 aromatic rings. The van der Waals surface area contributed by atoms with Crippen molar-refractivity contribution in [3.63, 3.8) is 0 Å². The number of rotatable bonds is 5. The monoisotopic (exact) mass is 669 g/mol. The van der Waals surface area contributed by atoms with Crippen LogP contribution in [0.3, 0.4) is 0 Å². The van der Waals surface area contributed by atoms with Crippen LogP contribution >= 0.6 is 0 Å². The number of aromatic nitrogens is 4. The van der Waals surface area contributed by atoms with Crippen molar-refractivity contribution in [2.75, 3.05) is 51.0 Å². The number of carbonyl (C=O) groups excluding carboxylic acids is 1. The summed E-state index contributed by atoms with van der Waals surface area (Å²) in [6.45, 7) is 5.87. The Hall–Kier alpha value is -4.28. The quantitative estimate of drug-likeness (QED) is 0.399. The Morgan fingerprint density at radius 3 is 2.86 bits per heavy atom. The van der Waals surface area contributed by atoms with Gasteiger partial charge >= 0.3 is 6.01 Å². The normalized spacial score (nSPS) is 26.0. The summed E-state index contributed by atoms with van der Waals surface area (Å²) in [5.41, 5.74) is 12.5. The first-order valence-electron chi connectivity index (χ1n) is 17.5. The summed E-state index contributed by atoms with van der Waals surface area (Å²) in [5, 5.41) is 14.9. The lowest BCUT2D eigenvalue weighted by molar-refractivity contribution is -0.0857. The van der Waals surface area contributed by atoms with Crippen LogP contribution in [0.25, 0.3) is 0 Å². The van der Waals surface area contributed by atoms with E-state index in [1.54, 1.807) is 14.1 Å². The van der Waals surface area contributed by atoms with Crippen molar-refractivity contribution < 1.29 is 18.7 Å². The average Bonchev–Trinajstić information content (AvgIpc) is 3.70. The predicted octanol–water partition coefficient (Wildman–Crippen LogP) is 3.81. The molecule has 3 atom stereocenters. The smallest absolute Gasteiger partial charge is 0.318 e. The van der Waals surface area contributed by atoms with E-state index >= 15 is 0 Å².